The second-order valence-electron chi connectivity index (χ2n) is 3.51. The monoisotopic (exact) mass is 291 g/mol. The first-order valence-electron chi connectivity index (χ1n) is 5.22. The van der Waals surface area contributed by atoms with Crippen LogP contribution >= 0.6 is 0 Å². The normalized spacial score (nSPS) is 8.95. The fraction of sp³-hybridized carbons (Fsp3) is 0.0769. The first kappa shape index (κ1) is 17.5. The molecular weight excluding hydrogens is 277 g/mol. The van der Waals surface area contributed by atoms with Crippen molar-refractivity contribution >= 4 is 34.0 Å². The molecule has 19 heavy (non-hydrogen) atoms. The van der Waals surface area contributed by atoms with Crippen LogP contribution in [0.15, 0.2) is 54.6 Å². The Hall–Kier alpha value is -1.48. The summed E-state index contributed by atoms with van der Waals surface area (Å²) >= 11 is 0. The van der Waals surface area contributed by atoms with Gasteiger partial charge in [-0.25, -0.2) is 0 Å². The van der Waals surface area contributed by atoms with Crippen molar-refractivity contribution in [3.63, 3.8) is 0 Å². The van der Waals surface area contributed by atoms with Gasteiger partial charge in [0.1, 0.15) is 16.7 Å². The summed E-state index contributed by atoms with van der Waals surface area (Å²) in [7, 11) is -2.53. The molecule has 2 rings (SSSR count). The van der Waals surface area contributed by atoms with Crippen molar-refractivity contribution in [1.82, 2.24) is 0 Å². The predicted octanol–water partition coefficient (Wildman–Crippen LogP) is 2.49. The average Bonchev–Trinajstić information content (AvgIpc) is 2.30. The molecule has 0 aliphatic carbocycles. The van der Waals surface area contributed by atoms with E-state index in [1.807, 2.05) is 18.2 Å². The standard InChI is InChI=1S/C7H8.C6H6NO3S.Al/c1-7-5-3-2-4-6-7;7-5-2-1-3-6(4-5)10-11(8)9;/h2-6H,1H3;1-4H,7H2;/q;-1;+1. The van der Waals surface area contributed by atoms with Crippen molar-refractivity contribution in [3.05, 3.63) is 60.2 Å². The minimum Gasteiger partial charge on any atom is -0.533 e. The molecule has 0 aromatic heterocycles. The number of benzene rings is 2. The molecule has 0 bridgehead atoms. The largest absolute Gasteiger partial charge is 1.00 e. The Bertz CT molecular complexity index is 551. The van der Waals surface area contributed by atoms with E-state index < -0.39 is 11.0 Å². The van der Waals surface area contributed by atoms with Crippen LogP contribution in [0.4, 0.5) is 5.69 Å². The zero-order valence-electron chi connectivity index (χ0n) is 10.5. The van der Waals surface area contributed by atoms with Crippen LogP contribution < -0.4 is 9.92 Å². The molecule has 0 fully saturated rings. The van der Waals surface area contributed by atoms with E-state index in [4.69, 9.17) is 5.73 Å². The van der Waals surface area contributed by atoms with Crippen LogP contribution in [0, 0.1) is 6.92 Å². The van der Waals surface area contributed by atoms with Gasteiger partial charge in [0.25, 0.3) is 0 Å². The van der Waals surface area contributed by atoms with Gasteiger partial charge in [-0.15, -0.1) is 0 Å². The van der Waals surface area contributed by atoms with Gasteiger partial charge >= 0.3 is 17.4 Å². The molecule has 2 aromatic rings. The molecule has 0 atom stereocenters. The van der Waals surface area contributed by atoms with Crippen LogP contribution in [0.25, 0.3) is 0 Å². The third kappa shape index (κ3) is 8.27. The van der Waals surface area contributed by atoms with Crippen LogP contribution in [-0.2, 0) is 19.4 Å². The third-order valence-corrected chi connectivity index (χ3v) is 2.29. The quantitative estimate of drug-likeness (QED) is 0.524. The second-order valence-corrected chi connectivity index (χ2v) is 4.09. The zero-order valence-corrected chi connectivity index (χ0v) is 12.5. The summed E-state index contributed by atoms with van der Waals surface area (Å²) in [5.74, 6) is 0.221. The number of hydrogen-bond donors (Lipinski definition) is 1. The van der Waals surface area contributed by atoms with Crippen LogP contribution in [-0.4, -0.2) is 17.4 Å². The van der Waals surface area contributed by atoms with Crippen LogP contribution in [0.5, 0.6) is 5.75 Å². The van der Waals surface area contributed by atoms with E-state index in [-0.39, 0.29) is 23.1 Å². The van der Waals surface area contributed by atoms with Crippen LogP contribution in [0.1, 0.15) is 5.56 Å². The third-order valence-electron chi connectivity index (χ3n) is 1.96. The summed E-state index contributed by atoms with van der Waals surface area (Å²) in [5, 5.41) is 0. The van der Waals surface area contributed by atoms with Crippen molar-refractivity contribution < 1.29 is 12.6 Å². The van der Waals surface area contributed by atoms with Crippen LogP contribution in [0.3, 0.4) is 0 Å². The van der Waals surface area contributed by atoms with Gasteiger partial charge in [-0.05, 0) is 19.1 Å². The Balaban J connectivity index is 0.000000352. The summed E-state index contributed by atoms with van der Waals surface area (Å²) in [4.78, 5) is 0. The number of anilines is 1. The van der Waals surface area contributed by atoms with Gasteiger partial charge in [-0.1, -0.05) is 42.0 Å². The van der Waals surface area contributed by atoms with Gasteiger partial charge < -0.3 is 18.3 Å². The van der Waals surface area contributed by atoms with Crippen molar-refractivity contribution in [3.8, 4) is 5.75 Å². The Morgan fingerprint density at radius 1 is 1.00 bits per heavy atom. The molecule has 0 saturated carbocycles. The number of nitrogen functional groups attached to an aromatic ring is 1. The minimum absolute atomic E-state index is 0. The van der Waals surface area contributed by atoms with E-state index in [1.165, 1.54) is 17.7 Å². The molecule has 2 N–H and O–H groups in total. The van der Waals surface area contributed by atoms with Gasteiger partial charge in [-0.2, -0.15) is 0 Å². The smallest absolute Gasteiger partial charge is 0.533 e. The zero-order chi connectivity index (χ0) is 13.4. The number of rotatable bonds is 2. The Kier molecular flexibility index (Phi) is 8.72. The summed E-state index contributed by atoms with van der Waals surface area (Å²) in [6, 6.07) is 16.4. The molecule has 0 amide bonds. The maximum absolute atomic E-state index is 10.0. The van der Waals surface area contributed by atoms with Crippen molar-refractivity contribution in [2.24, 2.45) is 0 Å². The van der Waals surface area contributed by atoms with Crippen molar-refractivity contribution in [2.75, 3.05) is 5.73 Å². The molecule has 2 aromatic carbocycles. The topological polar surface area (TPSA) is 69.4 Å². The molecular formula is C13H14AlNO3S. The molecule has 2 radical (unpaired) electrons. The summed E-state index contributed by atoms with van der Waals surface area (Å²) in [6.45, 7) is 2.08. The van der Waals surface area contributed by atoms with Crippen molar-refractivity contribution in [1.29, 1.82) is 0 Å². The van der Waals surface area contributed by atoms with E-state index in [0.717, 1.165) is 0 Å². The first-order chi connectivity index (χ1) is 8.58. The minimum atomic E-state index is -2.53. The molecule has 0 aliphatic rings. The second kappa shape index (κ2) is 9.45. The molecule has 0 unspecified atom stereocenters. The van der Waals surface area contributed by atoms with Gasteiger partial charge in [0.05, 0.1) is 0 Å². The Morgan fingerprint density at radius 3 is 2.05 bits per heavy atom. The van der Waals surface area contributed by atoms with E-state index in [0.29, 0.717) is 5.69 Å². The van der Waals surface area contributed by atoms with E-state index in [9.17, 15) is 8.42 Å². The van der Waals surface area contributed by atoms with Crippen LogP contribution in [0.2, 0.25) is 0 Å². The maximum Gasteiger partial charge on any atom is 1.00 e. The predicted molar refractivity (Wildman–Crippen MR) is 77.2 cm³/mol. The first-order valence-corrected chi connectivity index (χ1v) is 6.22. The number of nitrogens with two attached hydrogens (primary N) is 1. The number of hydrogen-bond acceptors (Lipinski definition) is 5. The average molecular weight is 291 g/mol. The SMILES string of the molecule is Cc1ccccc1.Nc1cccc(O[S-](=O)=O)c1.[Al+]. The van der Waals surface area contributed by atoms with Crippen molar-refractivity contribution in [2.45, 2.75) is 6.92 Å². The Labute approximate surface area is 125 Å². The summed E-state index contributed by atoms with van der Waals surface area (Å²) in [6.07, 6.45) is 0. The fourth-order valence-electron chi connectivity index (χ4n) is 1.18. The molecule has 98 valence electrons. The maximum atomic E-state index is 10.0. The molecule has 0 aliphatic heterocycles. The molecule has 0 saturated heterocycles. The van der Waals surface area contributed by atoms with E-state index in [1.54, 1.807) is 12.1 Å². The van der Waals surface area contributed by atoms with Gasteiger partial charge in [0.15, 0.2) is 0 Å². The van der Waals surface area contributed by atoms with E-state index in [2.05, 4.69) is 23.2 Å². The molecule has 6 heteroatoms. The van der Waals surface area contributed by atoms with Gasteiger partial charge in [-0.3, -0.25) is 0 Å². The number of aryl methyl sites for hydroxylation is 1. The van der Waals surface area contributed by atoms with Gasteiger partial charge in [0.2, 0.25) is 0 Å². The summed E-state index contributed by atoms with van der Waals surface area (Å²) in [5.41, 5.74) is 7.14. The summed E-state index contributed by atoms with van der Waals surface area (Å²) < 4.78 is 24.4. The molecule has 0 heterocycles. The van der Waals surface area contributed by atoms with E-state index >= 15 is 0 Å². The molecule has 4 nitrogen and oxygen atoms in total. The fourth-order valence-corrected chi connectivity index (χ4v) is 1.44. The Morgan fingerprint density at radius 2 is 1.63 bits per heavy atom. The van der Waals surface area contributed by atoms with Gasteiger partial charge in [0, 0.05) is 11.8 Å². The molecule has 0 spiro atoms.